The zero-order valence-corrected chi connectivity index (χ0v) is 12.8. The van der Waals surface area contributed by atoms with Gasteiger partial charge in [0.1, 0.15) is 0 Å². The lowest BCUT2D eigenvalue weighted by atomic mass is 9.70. The van der Waals surface area contributed by atoms with E-state index in [1.165, 1.54) is 18.4 Å². The third-order valence-electron chi connectivity index (χ3n) is 5.06. The predicted molar refractivity (Wildman–Crippen MR) is 82.7 cm³/mol. The summed E-state index contributed by atoms with van der Waals surface area (Å²) in [6.07, 6.45) is 4.35. The molecule has 0 spiro atoms. The summed E-state index contributed by atoms with van der Waals surface area (Å²) < 4.78 is 5.12. The molecule has 2 heterocycles. The van der Waals surface area contributed by atoms with Gasteiger partial charge in [0.15, 0.2) is 0 Å². The fourth-order valence-electron chi connectivity index (χ4n) is 4.02. The van der Waals surface area contributed by atoms with Gasteiger partial charge < -0.3 is 4.74 Å². The van der Waals surface area contributed by atoms with Crippen molar-refractivity contribution in [2.75, 3.05) is 13.2 Å². The predicted octanol–water partition coefficient (Wildman–Crippen LogP) is 3.24. The van der Waals surface area contributed by atoms with Crippen LogP contribution in [0.1, 0.15) is 38.2 Å². The minimum atomic E-state index is -0.00957. The lowest BCUT2D eigenvalue weighted by Crippen LogP contribution is -2.51. The fraction of sp³-hybridized carbons (Fsp3) is 0.611. The van der Waals surface area contributed by atoms with Gasteiger partial charge in [-0.1, -0.05) is 30.3 Å². The van der Waals surface area contributed by atoms with Gasteiger partial charge in [-0.25, -0.2) is 0 Å². The van der Waals surface area contributed by atoms with Crippen LogP contribution in [0, 0.1) is 11.8 Å². The van der Waals surface area contributed by atoms with Crippen LogP contribution < -0.4 is 0 Å². The van der Waals surface area contributed by atoms with Crippen molar-refractivity contribution in [1.29, 1.82) is 0 Å². The Morgan fingerprint density at radius 3 is 2.76 bits per heavy atom. The van der Waals surface area contributed by atoms with E-state index in [-0.39, 0.29) is 5.97 Å². The molecule has 3 nitrogen and oxygen atoms in total. The van der Waals surface area contributed by atoms with Crippen LogP contribution in [-0.4, -0.2) is 30.1 Å². The van der Waals surface area contributed by atoms with E-state index in [2.05, 4.69) is 35.2 Å². The largest absolute Gasteiger partial charge is 0.466 e. The Bertz CT molecular complexity index is 473. The molecule has 3 atom stereocenters. The lowest BCUT2D eigenvalue weighted by Gasteiger charge is -2.49. The van der Waals surface area contributed by atoms with Crippen molar-refractivity contribution in [2.45, 2.75) is 45.2 Å². The molecule has 1 saturated carbocycles. The second-order valence-electron chi connectivity index (χ2n) is 6.41. The van der Waals surface area contributed by atoms with E-state index in [1.807, 2.05) is 6.92 Å². The summed E-state index contributed by atoms with van der Waals surface area (Å²) in [7, 11) is 0. The highest BCUT2D eigenvalue weighted by molar-refractivity contribution is 5.69. The molecule has 3 heteroatoms. The Morgan fingerprint density at radius 2 is 2.10 bits per heavy atom. The first-order chi connectivity index (χ1) is 10.3. The molecule has 2 aliphatic heterocycles. The highest BCUT2D eigenvalue weighted by Crippen LogP contribution is 2.41. The maximum Gasteiger partial charge on any atom is 0.306 e. The van der Waals surface area contributed by atoms with Crippen LogP contribution in [0.25, 0.3) is 0 Å². The SMILES string of the molecule is CCOC(=O)CC1CC2CCC1CN2Cc1ccccc1. The first-order valence-corrected chi connectivity index (χ1v) is 8.20. The molecular weight excluding hydrogens is 262 g/mol. The van der Waals surface area contributed by atoms with E-state index < -0.39 is 0 Å². The first kappa shape index (κ1) is 14.6. The van der Waals surface area contributed by atoms with Crippen molar-refractivity contribution >= 4 is 5.97 Å². The monoisotopic (exact) mass is 287 g/mol. The summed E-state index contributed by atoms with van der Waals surface area (Å²) >= 11 is 0. The summed E-state index contributed by atoms with van der Waals surface area (Å²) in [6, 6.07) is 11.4. The van der Waals surface area contributed by atoms with Gasteiger partial charge in [-0.3, -0.25) is 9.69 Å². The topological polar surface area (TPSA) is 29.5 Å². The Morgan fingerprint density at radius 1 is 1.29 bits per heavy atom. The molecule has 3 unspecified atom stereocenters. The zero-order chi connectivity index (χ0) is 14.7. The molecule has 2 saturated heterocycles. The van der Waals surface area contributed by atoms with Crippen LogP contribution in [0.5, 0.6) is 0 Å². The van der Waals surface area contributed by atoms with Crippen LogP contribution in [0.4, 0.5) is 0 Å². The van der Waals surface area contributed by atoms with E-state index in [1.54, 1.807) is 0 Å². The Labute approximate surface area is 127 Å². The number of rotatable bonds is 5. The maximum atomic E-state index is 11.7. The summed E-state index contributed by atoms with van der Waals surface area (Å²) in [5, 5.41) is 0. The van der Waals surface area contributed by atoms with Crippen molar-refractivity contribution in [3.63, 3.8) is 0 Å². The Hall–Kier alpha value is -1.35. The van der Waals surface area contributed by atoms with Crippen molar-refractivity contribution in [1.82, 2.24) is 4.90 Å². The minimum Gasteiger partial charge on any atom is -0.466 e. The fourth-order valence-corrected chi connectivity index (χ4v) is 4.02. The number of fused-ring (bicyclic) bond motifs is 3. The Balaban J connectivity index is 1.58. The van der Waals surface area contributed by atoms with Crippen molar-refractivity contribution in [2.24, 2.45) is 11.8 Å². The highest BCUT2D eigenvalue weighted by Gasteiger charge is 2.40. The minimum absolute atomic E-state index is 0.00957. The highest BCUT2D eigenvalue weighted by atomic mass is 16.5. The molecule has 114 valence electrons. The van der Waals surface area contributed by atoms with Gasteiger partial charge >= 0.3 is 5.97 Å². The summed E-state index contributed by atoms with van der Waals surface area (Å²) in [5.41, 5.74) is 1.40. The van der Waals surface area contributed by atoms with Gasteiger partial charge in [0.2, 0.25) is 0 Å². The van der Waals surface area contributed by atoms with Crippen LogP contribution in [0.15, 0.2) is 30.3 Å². The number of esters is 1. The molecule has 4 rings (SSSR count). The second-order valence-corrected chi connectivity index (χ2v) is 6.41. The van der Waals surface area contributed by atoms with Gasteiger partial charge in [0.05, 0.1) is 6.61 Å². The third-order valence-corrected chi connectivity index (χ3v) is 5.06. The molecule has 0 amide bonds. The van der Waals surface area contributed by atoms with Crippen LogP contribution >= 0.6 is 0 Å². The molecule has 1 aromatic rings. The third kappa shape index (κ3) is 3.46. The van der Waals surface area contributed by atoms with Gasteiger partial charge in [-0.15, -0.1) is 0 Å². The van der Waals surface area contributed by atoms with Crippen LogP contribution in [0.2, 0.25) is 0 Å². The summed E-state index contributed by atoms with van der Waals surface area (Å²) in [6.45, 7) is 4.57. The second kappa shape index (κ2) is 6.61. The number of hydrogen-bond donors (Lipinski definition) is 0. The summed E-state index contributed by atoms with van der Waals surface area (Å²) in [5.74, 6) is 1.20. The summed E-state index contributed by atoms with van der Waals surface area (Å²) in [4.78, 5) is 14.3. The van der Waals surface area contributed by atoms with Crippen molar-refractivity contribution in [3.05, 3.63) is 35.9 Å². The number of hydrogen-bond acceptors (Lipinski definition) is 3. The van der Waals surface area contributed by atoms with Crippen molar-refractivity contribution in [3.8, 4) is 0 Å². The molecule has 0 radical (unpaired) electrons. The number of ether oxygens (including phenoxy) is 1. The quantitative estimate of drug-likeness (QED) is 0.779. The first-order valence-electron chi connectivity index (χ1n) is 8.20. The van der Waals surface area contributed by atoms with Gasteiger partial charge in [-0.2, -0.15) is 0 Å². The molecule has 1 aliphatic carbocycles. The standard InChI is InChI=1S/C18H25NO2/c1-2-21-18(20)11-16-10-17-9-8-15(16)13-19(17)12-14-6-4-3-5-7-14/h3-7,15-17H,2,8-13H2,1H3. The van der Waals surface area contributed by atoms with E-state index in [9.17, 15) is 4.79 Å². The number of benzene rings is 1. The lowest BCUT2D eigenvalue weighted by molar-refractivity contribution is -0.146. The van der Waals surface area contributed by atoms with E-state index >= 15 is 0 Å². The molecule has 3 aliphatic rings. The van der Waals surface area contributed by atoms with E-state index in [0.29, 0.717) is 30.9 Å². The Kier molecular flexibility index (Phi) is 4.59. The molecular formula is C18H25NO2. The molecule has 21 heavy (non-hydrogen) atoms. The zero-order valence-electron chi connectivity index (χ0n) is 12.8. The normalized spacial score (nSPS) is 28.5. The molecule has 2 bridgehead atoms. The van der Waals surface area contributed by atoms with Crippen molar-refractivity contribution < 1.29 is 9.53 Å². The number of carbonyl (C=O) groups is 1. The smallest absolute Gasteiger partial charge is 0.306 e. The van der Waals surface area contributed by atoms with E-state index in [4.69, 9.17) is 4.74 Å². The molecule has 0 N–H and O–H groups in total. The number of nitrogens with zero attached hydrogens (tertiary/aromatic N) is 1. The van der Waals surface area contributed by atoms with Crippen LogP contribution in [-0.2, 0) is 16.1 Å². The average Bonchev–Trinajstić information content (AvgIpc) is 2.50. The van der Waals surface area contributed by atoms with Gasteiger partial charge in [0.25, 0.3) is 0 Å². The number of piperidine rings is 2. The number of carbonyl (C=O) groups excluding carboxylic acids is 1. The van der Waals surface area contributed by atoms with E-state index in [0.717, 1.165) is 19.5 Å². The molecule has 0 aromatic heterocycles. The van der Waals surface area contributed by atoms with Gasteiger partial charge in [-0.05, 0) is 43.6 Å². The average molecular weight is 287 g/mol. The molecule has 3 fully saturated rings. The van der Waals surface area contributed by atoms with Gasteiger partial charge in [0, 0.05) is 25.6 Å². The van der Waals surface area contributed by atoms with Crippen LogP contribution in [0.3, 0.4) is 0 Å². The maximum absolute atomic E-state index is 11.7. The molecule has 1 aromatic carbocycles.